The van der Waals surface area contributed by atoms with Gasteiger partial charge in [0.05, 0.1) is 25.4 Å². The van der Waals surface area contributed by atoms with Gasteiger partial charge >= 0.3 is 0 Å². The predicted molar refractivity (Wildman–Crippen MR) is 282 cm³/mol. The molecule has 1 amide bonds. The first-order chi connectivity index (χ1) is 33.9. The largest absolute Gasteiger partial charge is 0.353 e. The summed E-state index contributed by atoms with van der Waals surface area (Å²) >= 11 is 0. The molecule has 13 fully saturated rings. The molecule has 9 heteroatoms. The second-order valence-electron chi connectivity index (χ2n) is 29.8. The van der Waals surface area contributed by atoms with Crippen molar-refractivity contribution in [3.8, 4) is 0 Å². The molecule has 0 bridgehead atoms. The van der Waals surface area contributed by atoms with Crippen LogP contribution in [-0.4, -0.2) is 105 Å². The van der Waals surface area contributed by atoms with Crippen LogP contribution in [-0.2, 0) is 23.7 Å². The quantitative estimate of drug-likeness (QED) is 0.287. The first-order valence-electron chi connectivity index (χ1n) is 31.0. The Bertz CT molecular complexity index is 1930. The van der Waals surface area contributed by atoms with Gasteiger partial charge in [-0.25, -0.2) is 0 Å². The molecule has 0 aromatic heterocycles. The number of nitrogens with two attached hydrogens (primary N) is 1. The van der Waals surface area contributed by atoms with Gasteiger partial charge in [0.2, 0.25) is 5.91 Å². The van der Waals surface area contributed by atoms with Crippen LogP contribution < -0.4 is 11.1 Å². The number of carbonyl (C=O) groups is 1. The average Bonchev–Trinajstić information content (AvgIpc) is 4.01. The van der Waals surface area contributed by atoms with Crippen molar-refractivity contribution < 1.29 is 23.7 Å². The summed E-state index contributed by atoms with van der Waals surface area (Å²) in [5.41, 5.74) is 8.25. The lowest BCUT2D eigenvalue weighted by Gasteiger charge is -2.61. The molecule has 8 saturated carbocycles. The third kappa shape index (κ3) is 8.28. The molecule has 0 aromatic carbocycles. The van der Waals surface area contributed by atoms with Gasteiger partial charge in [-0.05, 0) is 215 Å². The first-order valence-corrected chi connectivity index (χ1v) is 31.0. The first kappa shape index (κ1) is 51.0. The van der Waals surface area contributed by atoms with Crippen LogP contribution in [0.25, 0.3) is 0 Å². The number of carbonyl (C=O) groups excluding carboxylic acids is 1. The van der Waals surface area contributed by atoms with E-state index in [2.05, 4.69) is 77.6 Å². The molecule has 71 heavy (non-hydrogen) atoms. The molecule has 402 valence electrons. The van der Waals surface area contributed by atoms with Crippen LogP contribution in [0.4, 0.5) is 0 Å². The maximum Gasteiger partial charge on any atom is 0.221 e. The number of fused-ring (bicyclic) bond motifs is 14. The van der Waals surface area contributed by atoms with Crippen LogP contribution in [0, 0.1) is 105 Å². The second-order valence-corrected chi connectivity index (χ2v) is 29.8. The highest BCUT2D eigenvalue weighted by atomic mass is 16.7. The third-order valence-electron chi connectivity index (χ3n) is 26.5. The minimum atomic E-state index is -0.302. The summed E-state index contributed by atoms with van der Waals surface area (Å²) in [4.78, 5) is 17.8. The lowest BCUT2D eigenvalue weighted by molar-refractivity contribution is -0.273. The van der Waals surface area contributed by atoms with Gasteiger partial charge in [-0.3, -0.25) is 4.79 Å². The molecule has 3 N–H and O–H groups in total. The predicted octanol–water partition coefficient (Wildman–Crippen LogP) is 11.3. The van der Waals surface area contributed by atoms with Gasteiger partial charge in [0.1, 0.15) is 0 Å². The fourth-order valence-corrected chi connectivity index (χ4v) is 22.3. The number of ether oxygens (including phenoxy) is 4. The molecular weight excluding hydrogens is 881 g/mol. The van der Waals surface area contributed by atoms with E-state index in [9.17, 15) is 4.79 Å². The zero-order valence-electron chi connectivity index (χ0n) is 46.7. The van der Waals surface area contributed by atoms with Crippen LogP contribution in [0.5, 0.6) is 0 Å². The number of hydrogen-bond acceptors (Lipinski definition) is 8. The van der Waals surface area contributed by atoms with E-state index in [1.54, 1.807) is 0 Å². The van der Waals surface area contributed by atoms with Gasteiger partial charge in [-0.2, -0.15) is 0 Å². The highest BCUT2D eigenvalue weighted by Crippen LogP contribution is 2.73. The maximum atomic E-state index is 12.9. The average molecular weight is 986 g/mol. The minimum absolute atomic E-state index is 0.268. The molecule has 9 nitrogen and oxygen atoms in total. The lowest BCUT2D eigenvalue weighted by Crippen LogP contribution is -2.56. The van der Waals surface area contributed by atoms with E-state index in [-0.39, 0.29) is 17.5 Å². The van der Waals surface area contributed by atoms with Crippen LogP contribution in [0.2, 0.25) is 0 Å². The highest BCUT2D eigenvalue weighted by Gasteiger charge is 2.71. The Kier molecular flexibility index (Phi) is 13.4. The number of rotatable bonds is 4. The number of nitrogens with zero attached hydrogens (tertiary/aromatic N) is 2. The fourth-order valence-electron chi connectivity index (χ4n) is 22.3. The van der Waals surface area contributed by atoms with Crippen LogP contribution in [0.1, 0.15) is 190 Å². The summed E-state index contributed by atoms with van der Waals surface area (Å²) in [5.74, 6) is 10.3. The number of amides is 1. The molecule has 2 spiro atoms. The Labute approximate surface area is 432 Å². The molecule has 5 aliphatic heterocycles. The molecular formula is C62H104N4O5. The topological polar surface area (TPSA) is 98.5 Å². The smallest absolute Gasteiger partial charge is 0.221 e. The van der Waals surface area contributed by atoms with E-state index < -0.39 is 0 Å². The SMILES string of the molecule is C[C@H]1CC[C@@]2(OC1)O[C@H]1C[C@H]3[C@@H]4CC[C@@H]5C[C@H](N)CC[C@]5(C)[C@H]4CC[C@]3(C)[C@H]1[C@@H]2C.C[C@H]1CC[C@@]2(OC1)O[C@H]1C[C@H]3[C@@H]4CC[C@@H]5C[C@H](NC(=O)CCN6CCN(C)CC6)CC[C@]5(C)[C@H]4CC[C@]3(C)[C@H]1[C@@H]2C. The lowest BCUT2D eigenvalue weighted by atomic mass is 9.44. The van der Waals surface area contributed by atoms with E-state index in [1.165, 1.54) is 116 Å². The summed E-state index contributed by atoms with van der Waals surface area (Å²) in [6.45, 7) is 27.3. The van der Waals surface area contributed by atoms with Crippen LogP contribution in [0.15, 0.2) is 0 Å². The molecule has 0 unspecified atom stereocenters. The molecule has 5 heterocycles. The maximum absolute atomic E-state index is 12.9. The van der Waals surface area contributed by atoms with Crippen molar-refractivity contribution in [3.05, 3.63) is 0 Å². The molecule has 13 aliphatic rings. The van der Waals surface area contributed by atoms with Crippen molar-refractivity contribution in [1.82, 2.24) is 15.1 Å². The van der Waals surface area contributed by atoms with Crippen molar-refractivity contribution in [2.24, 2.45) is 110 Å². The molecule has 13 rings (SSSR count). The number of hydrogen-bond donors (Lipinski definition) is 2. The highest BCUT2D eigenvalue weighted by molar-refractivity contribution is 5.76. The minimum Gasteiger partial charge on any atom is -0.353 e. The van der Waals surface area contributed by atoms with Gasteiger partial charge < -0.3 is 39.8 Å². The molecule has 5 saturated heterocycles. The summed E-state index contributed by atoms with van der Waals surface area (Å²) in [7, 11) is 2.19. The van der Waals surface area contributed by atoms with Crippen molar-refractivity contribution >= 4 is 5.91 Å². The zero-order valence-corrected chi connectivity index (χ0v) is 46.7. The van der Waals surface area contributed by atoms with Gasteiger partial charge in [0.25, 0.3) is 0 Å². The monoisotopic (exact) mass is 985 g/mol. The van der Waals surface area contributed by atoms with Crippen LogP contribution >= 0.6 is 0 Å². The Balaban J connectivity index is 0.000000153. The molecule has 24 atom stereocenters. The van der Waals surface area contributed by atoms with Gasteiger partial charge in [0, 0.05) is 75.9 Å². The van der Waals surface area contributed by atoms with Crippen molar-refractivity contribution in [2.45, 2.75) is 226 Å². The molecule has 0 radical (unpaired) electrons. The number of likely N-dealkylation sites (N-methyl/N-ethyl adjacent to an activating group) is 1. The fraction of sp³-hybridized carbons (Fsp3) is 0.984. The Morgan fingerprint density at radius 3 is 1.56 bits per heavy atom. The summed E-state index contributed by atoms with van der Waals surface area (Å²) in [5, 5.41) is 3.49. The third-order valence-corrected chi connectivity index (χ3v) is 26.5. The Morgan fingerprint density at radius 1 is 0.563 bits per heavy atom. The Hall–Kier alpha value is -0.810. The van der Waals surface area contributed by atoms with E-state index in [0.717, 1.165) is 106 Å². The number of nitrogens with one attached hydrogen (secondary N) is 1. The van der Waals surface area contributed by atoms with Gasteiger partial charge in [-0.1, -0.05) is 55.4 Å². The van der Waals surface area contributed by atoms with Crippen LogP contribution in [0.3, 0.4) is 0 Å². The normalized spacial score (nSPS) is 56.4. The zero-order chi connectivity index (χ0) is 49.5. The van der Waals surface area contributed by atoms with E-state index in [4.69, 9.17) is 24.7 Å². The summed E-state index contributed by atoms with van der Waals surface area (Å²) in [6, 6.07) is 0.843. The summed E-state index contributed by atoms with van der Waals surface area (Å²) < 4.78 is 26.9. The van der Waals surface area contributed by atoms with E-state index >= 15 is 0 Å². The Morgan fingerprint density at radius 2 is 1.06 bits per heavy atom. The van der Waals surface area contributed by atoms with Crippen molar-refractivity contribution in [1.29, 1.82) is 0 Å². The van der Waals surface area contributed by atoms with Crippen molar-refractivity contribution in [3.63, 3.8) is 0 Å². The second kappa shape index (κ2) is 18.7. The van der Waals surface area contributed by atoms with E-state index in [0.29, 0.717) is 87.9 Å². The van der Waals surface area contributed by atoms with Gasteiger partial charge in [-0.15, -0.1) is 0 Å². The molecule has 8 aliphatic carbocycles. The molecule has 0 aromatic rings. The summed E-state index contributed by atoms with van der Waals surface area (Å²) in [6.07, 6.45) is 27.6. The van der Waals surface area contributed by atoms with Crippen molar-refractivity contribution in [2.75, 3.05) is 53.0 Å². The van der Waals surface area contributed by atoms with E-state index in [1.807, 2.05) is 0 Å². The standard InChI is InChI=1S/C35H59N3O3.C27H45NO2/c1-23-8-14-35(40-22-23)24(2)32-30(41-35)21-29-27-7-6-25-20-26(9-12-33(25,3)28(27)10-13-34(29,32)4)36-31(39)11-15-38-18-16-37(5)17-19-38;1-16-7-12-27(29-15-16)17(2)24-23(30-27)14-22-20-6-5-18-13-19(28)8-10-25(18,3)21(20)9-11-26(22,24)4/h23-30,32H,6-22H2,1-5H3,(H,36,39);16-24H,5-15,28H2,1-4H3/t23-,24-,25+,26+,27+,28-,29-,30-,32-,33-,34-,35+;16-,17-,18+,19+,20+,21-,22-,23-,24-,25-,26-,27+/m00/s1. The number of piperazine rings is 1. The van der Waals surface area contributed by atoms with Gasteiger partial charge in [0.15, 0.2) is 11.6 Å².